The number of nitrogens with two attached hydrogens (primary N) is 1. The van der Waals surface area contributed by atoms with Gasteiger partial charge in [0.1, 0.15) is 0 Å². The van der Waals surface area contributed by atoms with Gasteiger partial charge in [-0.3, -0.25) is 4.79 Å². The first-order valence-electron chi connectivity index (χ1n) is 6.38. The monoisotopic (exact) mass is 262 g/mol. The third-order valence-electron chi connectivity index (χ3n) is 3.24. The van der Waals surface area contributed by atoms with Crippen LogP contribution >= 0.6 is 0 Å². The zero-order chi connectivity index (χ0) is 13.9. The second-order valence-electron chi connectivity index (χ2n) is 4.61. The lowest BCUT2D eigenvalue weighted by Crippen LogP contribution is -2.12. The fourth-order valence-electron chi connectivity index (χ4n) is 2.23. The molecule has 0 radical (unpaired) electrons. The van der Waals surface area contributed by atoms with Crippen LogP contribution in [0.3, 0.4) is 0 Å². The molecule has 3 rings (SSSR count). The van der Waals surface area contributed by atoms with Crippen molar-refractivity contribution in [3.63, 3.8) is 0 Å². The summed E-state index contributed by atoms with van der Waals surface area (Å²) in [6.45, 7) is 0. The van der Waals surface area contributed by atoms with Crippen LogP contribution < -0.4 is 5.73 Å². The number of nitrogens with one attached hydrogen (secondary N) is 1. The fraction of sp³-hybridized carbons (Fsp3) is 0. The molecule has 0 unspecified atom stereocenters. The molecule has 1 aromatic heterocycles. The molecule has 0 aliphatic carbocycles. The van der Waals surface area contributed by atoms with E-state index in [1.807, 2.05) is 66.9 Å². The number of rotatable bonds is 3. The summed E-state index contributed by atoms with van der Waals surface area (Å²) < 4.78 is 0. The Hall–Kier alpha value is -2.81. The number of H-pyrrole nitrogens is 1. The van der Waals surface area contributed by atoms with Crippen LogP contribution in [-0.4, -0.2) is 10.9 Å². The Morgan fingerprint density at radius 1 is 1.05 bits per heavy atom. The maximum atomic E-state index is 11.7. The molecule has 0 saturated carbocycles. The summed E-state index contributed by atoms with van der Waals surface area (Å²) in [7, 11) is 0. The lowest BCUT2D eigenvalue weighted by Gasteiger charge is -2.05. The first kappa shape index (κ1) is 12.2. The Morgan fingerprint density at radius 3 is 2.60 bits per heavy atom. The molecule has 0 aliphatic heterocycles. The van der Waals surface area contributed by atoms with Crippen LogP contribution in [0.25, 0.3) is 22.6 Å². The van der Waals surface area contributed by atoms with Crippen LogP contribution in [0.5, 0.6) is 0 Å². The fourth-order valence-corrected chi connectivity index (χ4v) is 2.23. The van der Waals surface area contributed by atoms with Crippen LogP contribution in [0.1, 0.15) is 11.1 Å². The Morgan fingerprint density at radius 2 is 1.85 bits per heavy atom. The number of aromatic nitrogens is 1. The maximum Gasteiger partial charge on any atom is 0.249 e. The van der Waals surface area contributed by atoms with Crippen LogP contribution in [0.4, 0.5) is 0 Å². The highest BCUT2D eigenvalue weighted by Crippen LogP contribution is 2.22. The van der Waals surface area contributed by atoms with Gasteiger partial charge in [0.2, 0.25) is 5.91 Å². The van der Waals surface area contributed by atoms with E-state index in [1.54, 1.807) is 0 Å². The number of carbonyl (C=O) groups is 1. The molecule has 0 spiro atoms. The van der Waals surface area contributed by atoms with E-state index in [9.17, 15) is 4.79 Å². The zero-order valence-electron chi connectivity index (χ0n) is 10.8. The van der Waals surface area contributed by atoms with E-state index < -0.39 is 5.91 Å². The smallest absolute Gasteiger partial charge is 0.249 e. The van der Waals surface area contributed by atoms with Gasteiger partial charge >= 0.3 is 0 Å². The standard InChI is InChI=1S/C17H14N2O/c18-17(20)15(10-12-4-2-1-3-5-12)13-6-7-16-14(11-13)8-9-19-16/h1-11,19H,(H2,18,20). The number of primary amides is 1. The third-order valence-corrected chi connectivity index (χ3v) is 3.24. The van der Waals surface area contributed by atoms with Crippen LogP contribution in [-0.2, 0) is 4.79 Å². The number of amides is 1. The molecule has 0 bridgehead atoms. The number of benzene rings is 2. The first-order valence-corrected chi connectivity index (χ1v) is 6.38. The highest BCUT2D eigenvalue weighted by molar-refractivity contribution is 6.23. The molecule has 3 N–H and O–H groups in total. The number of fused-ring (bicyclic) bond motifs is 1. The summed E-state index contributed by atoms with van der Waals surface area (Å²) >= 11 is 0. The summed E-state index contributed by atoms with van der Waals surface area (Å²) in [5, 5.41) is 1.06. The van der Waals surface area contributed by atoms with Crippen LogP contribution in [0, 0.1) is 0 Å². The molecule has 1 heterocycles. The Labute approximate surface area is 116 Å². The number of aromatic amines is 1. The minimum Gasteiger partial charge on any atom is -0.366 e. The number of carbonyl (C=O) groups excluding carboxylic acids is 1. The van der Waals surface area contributed by atoms with E-state index >= 15 is 0 Å². The molecule has 0 atom stereocenters. The highest BCUT2D eigenvalue weighted by atomic mass is 16.1. The number of hydrogen-bond donors (Lipinski definition) is 2. The molecule has 3 nitrogen and oxygen atoms in total. The SMILES string of the molecule is NC(=O)C(=Cc1ccccc1)c1ccc2[nH]ccc2c1. The second kappa shape index (κ2) is 5.05. The quantitative estimate of drug-likeness (QED) is 0.552. The summed E-state index contributed by atoms with van der Waals surface area (Å²) in [6, 6.07) is 17.5. The van der Waals surface area contributed by atoms with Crippen molar-refractivity contribution in [3.05, 3.63) is 71.9 Å². The Balaban J connectivity index is 2.10. The van der Waals surface area contributed by atoms with Gasteiger partial charge in [-0.25, -0.2) is 0 Å². The minimum atomic E-state index is -0.427. The third kappa shape index (κ3) is 2.34. The van der Waals surface area contributed by atoms with Gasteiger partial charge in [-0.15, -0.1) is 0 Å². The van der Waals surface area contributed by atoms with E-state index in [0.29, 0.717) is 5.57 Å². The van der Waals surface area contributed by atoms with Crippen molar-refractivity contribution in [2.24, 2.45) is 5.73 Å². The van der Waals surface area contributed by atoms with Crippen molar-refractivity contribution >= 4 is 28.5 Å². The van der Waals surface area contributed by atoms with Crippen LogP contribution in [0.2, 0.25) is 0 Å². The van der Waals surface area contributed by atoms with Crippen molar-refractivity contribution in [3.8, 4) is 0 Å². The Kier molecular flexibility index (Phi) is 3.09. The molecule has 98 valence electrons. The van der Waals surface area contributed by atoms with E-state index in [0.717, 1.165) is 22.0 Å². The first-order chi connectivity index (χ1) is 9.74. The largest absolute Gasteiger partial charge is 0.366 e. The molecule has 3 aromatic rings. The molecule has 1 amide bonds. The van der Waals surface area contributed by atoms with Gasteiger partial charge < -0.3 is 10.7 Å². The van der Waals surface area contributed by atoms with Gasteiger partial charge in [-0.2, -0.15) is 0 Å². The summed E-state index contributed by atoms with van der Waals surface area (Å²) in [6.07, 6.45) is 3.69. The molecule has 20 heavy (non-hydrogen) atoms. The van der Waals surface area contributed by atoms with E-state index in [-0.39, 0.29) is 0 Å². The Bertz CT molecular complexity index is 785. The van der Waals surface area contributed by atoms with Gasteiger partial charge in [0, 0.05) is 17.3 Å². The van der Waals surface area contributed by atoms with Crippen molar-refractivity contribution in [1.29, 1.82) is 0 Å². The lowest BCUT2D eigenvalue weighted by atomic mass is 10.0. The minimum absolute atomic E-state index is 0.427. The van der Waals surface area contributed by atoms with Crippen molar-refractivity contribution < 1.29 is 4.79 Å². The lowest BCUT2D eigenvalue weighted by molar-refractivity contribution is -0.112. The van der Waals surface area contributed by atoms with Crippen molar-refractivity contribution in [2.75, 3.05) is 0 Å². The predicted molar refractivity (Wildman–Crippen MR) is 81.8 cm³/mol. The van der Waals surface area contributed by atoms with Crippen LogP contribution in [0.15, 0.2) is 60.8 Å². The molecule has 2 aromatic carbocycles. The van der Waals surface area contributed by atoms with Crippen molar-refractivity contribution in [2.45, 2.75) is 0 Å². The van der Waals surface area contributed by atoms with Gasteiger partial charge in [0.25, 0.3) is 0 Å². The summed E-state index contributed by atoms with van der Waals surface area (Å²) in [5.74, 6) is -0.427. The molecular formula is C17H14N2O. The molecular weight excluding hydrogens is 248 g/mol. The topological polar surface area (TPSA) is 58.9 Å². The normalized spacial score (nSPS) is 11.7. The van der Waals surface area contributed by atoms with Gasteiger partial charge in [0.15, 0.2) is 0 Å². The van der Waals surface area contributed by atoms with E-state index in [4.69, 9.17) is 5.73 Å². The summed E-state index contributed by atoms with van der Waals surface area (Å²) in [5.41, 5.74) is 8.85. The van der Waals surface area contributed by atoms with Gasteiger partial charge in [-0.1, -0.05) is 36.4 Å². The van der Waals surface area contributed by atoms with E-state index in [1.165, 1.54) is 0 Å². The summed E-state index contributed by atoms with van der Waals surface area (Å²) in [4.78, 5) is 14.9. The zero-order valence-corrected chi connectivity index (χ0v) is 10.8. The second-order valence-corrected chi connectivity index (χ2v) is 4.61. The predicted octanol–water partition coefficient (Wildman–Crippen LogP) is 3.19. The van der Waals surface area contributed by atoms with Gasteiger partial charge in [-0.05, 0) is 40.8 Å². The molecule has 0 aliphatic rings. The van der Waals surface area contributed by atoms with Gasteiger partial charge in [0.05, 0.1) is 0 Å². The maximum absolute atomic E-state index is 11.7. The molecule has 0 saturated heterocycles. The molecule has 0 fully saturated rings. The molecule has 3 heteroatoms. The number of hydrogen-bond acceptors (Lipinski definition) is 1. The van der Waals surface area contributed by atoms with E-state index in [2.05, 4.69) is 4.98 Å². The highest BCUT2D eigenvalue weighted by Gasteiger charge is 2.09. The average molecular weight is 262 g/mol. The average Bonchev–Trinajstić information content (AvgIpc) is 2.93. The van der Waals surface area contributed by atoms with Crippen molar-refractivity contribution in [1.82, 2.24) is 4.98 Å².